The zero-order valence-corrected chi connectivity index (χ0v) is 13.5. The third kappa shape index (κ3) is 4.78. The third-order valence-corrected chi connectivity index (χ3v) is 3.64. The summed E-state index contributed by atoms with van der Waals surface area (Å²) in [5, 5.41) is 0.661. The molecule has 0 saturated heterocycles. The van der Waals surface area contributed by atoms with Gasteiger partial charge in [-0.15, -0.1) is 0 Å². The number of esters is 1. The molecular weight excluding hydrogens is 300 g/mol. The number of rotatable bonds is 6. The van der Waals surface area contributed by atoms with Crippen molar-refractivity contribution in [3.05, 3.63) is 58.6 Å². The minimum absolute atomic E-state index is 0.254. The number of aryl methyl sites for hydroxylation is 2. The van der Waals surface area contributed by atoms with Crippen molar-refractivity contribution in [3.63, 3.8) is 0 Å². The van der Waals surface area contributed by atoms with Gasteiger partial charge in [-0.3, -0.25) is 4.79 Å². The second-order valence-electron chi connectivity index (χ2n) is 4.96. The van der Waals surface area contributed by atoms with Crippen LogP contribution >= 0.6 is 11.6 Å². The van der Waals surface area contributed by atoms with Gasteiger partial charge >= 0.3 is 5.97 Å². The van der Waals surface area contributed by atoms with Crippen molar-refractivity contribution in [2.45, 2.75) is 26.7 Å². The molecule has 2 aromatic carbocycles. The van der Waals surface area contributed by atoms with Gasteiger partial charge in [0.1, 0.15) is 11.5 Å². The molecule has 2 aromatic rings. The Kier molecular flexibility index (Phi) is 5.84. The molecule has 0 spiro atoms. The Bertz CT molecular complexity index is 635. The Labute approximate surface area is 135 Å². The molecule has 0 heterocycles. The standard InChI is InChI=1S/C18H19ClO3/c1-3-21-15-7-4-14(5-8-15)6-11-18(20)22-16-9-10-17(19)13(2)12-16/h4-5,7-10,12H,3,6,11H2,1-2H3. The van der Waals surface area contributed by atoms with Crippen LogP contribution in [0.4, 0.5) is 0 Å². The first-order valence-electron chi connectivity index (χ1n) is 7.27. The Morgan fingerprint density at radius 3 is 2.41 bits per heavy atom. The van der Waals surface area contributed by atoms with Crippen LogP contribution in [0.3, 0.4) is 0 Å². The molecule has 0 aliphatic heterocycles. The molecule has 2 rings (SSSR count). The monoisotopic (exact) mass is 318 g/mol. The topological polar surface area (TPSA) is 35.5 Å². The Morgan fingerprint density at radius 2 is 1.77 bits per heavy atom. The van der Waals surface area contributed by atoms with E-state index in [0.717, 1.165) is 16.9 Å². The SMILES string of the molecule is CCOc1ccc(CCC(=O)Oc2ccc(Cl)c(C)c2)cc1. The molecule has 22 heavy (non-hydrogen) atoms. The van der Waals surface area contributed by atoms with Crippen LogP contribution in [-0.4, -0.2) is 12.6 Å². The lowest BCUT2D eigenvalue weighted by molar-refractivity contribution is -0.134. The number of hydrogen-bond donors (Lipinski definition) is 0. The van der Waals surface area contributed by atoms with Crippen LogP contribution in [0, 0.1) is 6.92 Å². The fraction of sp³-hybridized carbons (Fsp3) is 0.278. The van der Waals surface area contributed by atoms with Crippen LogP contribution in [0.5, 0.6) is 11.5 Å². The van der Waals surface area contributed by atoms with E-state index in [9.17, 15) is 4.79 Å². The van der Waals surface area contributed by atoms with Crippen LogP contribution < -0.4 is 9.47 Å². The lowest BCUT2D eigenvalue weighted by Gasteiger charge is -2.07. The molecule has 0 radical (unpaired) electrons. The van der Waals surface area contributed by atoms with Gasteiger partial charge in [-0.25, -0.2) is 0 Å². The van der Waals surface area contributed by atoms with Gasteiger partial charge in [0, 0.05) is 11.4 Å². The molecule has 3 nitrogen and oxygen atoms in total. The van der Waals surface area contributed by atoms with E-state index in [0.29, 0.717) is 30.2 Å². The first kappa shape index (κ1) is 16.4. The van der Waals surface area contributed by atoms with Crippen molar-refractivity contribution >= 4 is 17.6 Å². The van der Waals surface area contributed by atoms with E-state index in [-0.39, 0.29) is 5.97 Å². The Morgan fingerprint density at radius 1 is 1.09 bits per heavy atom. The summed E-state index contributed by atoms with van der Waals surface area (Å²) in [6.07, 6.45) is 0.966. The van der Waals surface area contributed by atoms with Gasteiger partial charge in [0.15, 0.2) is 0 Å². The van der Waals surface area contributed by atoms with Crippen LogP contribution in [0.25, 0.3) is 0 Å². The lowest BCUT2D eigenvalue weighted by Crippen LogP contribution is -2.09. The van der Waals surface area contributed by atoms with Gasteiger partial charge in [0.25, 0.3) is 0 Å². The molecule has 0 N–H and O–H groups in total. The quantitative estimate of drug-likeness (QED) is 0.577. The summed E-state index contributed by atoms with van der Waals surface area (Å²) in [6, 6.07) is 12.9. The van der Waals surface area contributed by atoms with E-state index in [4.69, 9.17) is 21.1 Å². The minimum atomic E-state index is -0.254. The molecule has 0 aromatic heterocycles. The normalized spacial score (nSPS) is 10.3. The number of carbonyl (C=O) groups excluding carboxylic acids is 1. The second-order valence-corrected chi connectivity index (χ2v) is 5.37. The molecular formula is C18H19ClO3. The number of halogens is 1. The highest BCUT2D eigenvalue weighted by Gasteiger charge is 2.07. The number of carbonyl (C=O) groups is 1. The summed E-state index contributed by atoms with van der Waals surface area (Å²) in [4.78, 5) is 11.9. The second kappa shape index (κ2) is 7.85. The maximum Gasteiger partial charge on any atom is 0.311 e. The van der Waals surface area contributed by atoms with Crippen LogP contribution in [0.2, 0.25) is 5.02 Å². The van der Waals surface area contributed by atoms with Crippen molar-refractivity contribution in [2.75, 3.05) is 6.61 Å². The number of hydrogen-bond acceptors (Lipinski definition) is 3. The first-order valence-corrected chi connectivity index (χ1v) is 7.65. The van der Waals surface area contributed by atoms with Gasteiger partial charge < -0.3 is 9.47 Å². The molecule has 0 fully saturated rings. The molecule has 0 bridgehead atoms. The van der Waals surface area contributed by atoms with Gasteiger partial charge in [-0.05, 0) is 61.7 Å². The summed E-state index contributed by atoms with van der Waals surface area (Å²) >= 11 is 5.94. The molecule has 116 valence electrons. The zero-order chi connectivity index (χ0) is 15.9. The summed E-state index contributed by atoms with van der Waals surface area (Å²) < 4.78 is 10.7. The highest BCUT2D eigenvalue weighted by molar-refractivity contribution is 6.31. The fourth-order valence-electron chi connectivity index (χ4n) is 2.03. The maximum atomic E-state index is 11.9. The van der Waals surface area contributed by atoms with Gasteiger partial charge in [-0.2, -0.15) is 0 Å². The van der Waals surface area contributed by atoms with Crippen molar-refractivity contribution in [2.24, 2.45) is 0 Å². The van der Waals surface area contributed by atoms with Crippen molar-refractivity contribution < 1.29 is 14.3 Å². The molecule has 0 aliphatic rings. The minimum Gasteiger partial charge on any atom is -0.494 e. The van der Waals surface area contributed by atoms with Crippen LogP contribution in [-0.2, 0) is 11.2 Å². The third-order valence-electron chi connectivity index (χ3n) is 3.21. The van der Waals surface area contributed by atoms with E-state index in [1.165, 1.54) is 0 Å². The van der Waals surface area contributed by atoms with Gasteiger partial charge in [0.05, 0.1) is 6.61 Å². The summed E-state index contributed by atoms with van der Waals surface area (Å²) in [5.41, 5.74) is 1.96. The van der Waals surface area contributed by atoms with E-state index >= 15 is 0 Å². The zero-order valence-electron chi connectivity index (χ0n) is 12.8. The molecule has 0 atom stereocenters. The maximum absolute atomic E-state index is 11.9. The van der Waals surface area contributed by atoms with Crippen LogP contribution in [0.1, 0.15) is 24.5 Å². The molecule has 0 aliphatic carbocycles. The molecule has 0 saturated carbocycles. The van der Waals surface area contributed by atoms with Crippen molar-refractivity contribution in [1.82, 2.24) is 0 Å². The van der Waals surface area contributed by atoms with Crippen molar-refractivity contribution in [3.8, 4) is 11.5 Å². The molecule has 0 unspecified atom stereocenters. The largest absolute Gasteiger partial charge is 0.494 e. The highest BCUT2D eigenvalue weighted by atomic mass is 35.5. The number of benzene rings is 2. The van der Waals surface area contributed by atoms with E-state index < -0.39 is 0 Å². The van der Waals surface area contributed by atoms with Gasteiger partial charge in [-0.1, -0.05) is 23.7 Å². The summed E-state index contributed by atoms with van der Waals surface area (Å²) in [6.45, 7) is 4.47. The lowest BCUT2D eigenvalue weighted by atomic mass is 10.1. The first-order chi connectivity index (χ1) is 10.6. The fourth-order valence-corrected chi connectivity index (χ4v) is 2.15. The van der Waals surface area contributed by atoms with Crippen LogP contribution in [0.15, 0.2) is 42.5 Å². The predicted molar refractivity (Wildman–Crippen MR) is 87.8 cm³/mol. The predicted octanol–water partition coefficient (Wildman–Crippen LogP) is 4.59. The summed E-state index contributed by atoms with van der Waals surface area (Å²) in [5.74, 6) is 1.11. The molecule has 4 heteroatoms. The molecule has 0 amide bonds. The summed E-state index contributed by atoms with van der Waals surface area (Å²) in [7, 11) is 0. The Balaban J connectivity index is 1.85. The number of ether oxygens (including phenoxy) is 2. The van der Waals surface area contributed by atoms with E-state index in [2.05, 4.69) is 0 Å². The average Bonchev–Trinajstić information content (AvgIpc) is 2.51. The highest BCUT2D eigenvalue weighted by Crippen LogP contribution is 2.21. The average molecular weight is 319 g/mol. The smallest absolute Gasteiger partial charge is 0.311 e. The van der Waals surface area contributed by atoms with E-state index in [1.807, 2.05) is 38.1 Å². The Hall–Kier alpha value is -2.00. The van der Waals surface area contributed by atoms with E-state index in [1.54, 1.807) is 18.2 Å². The van der Waals surface area contributed by atoms with Crippen molar-refractivity contribution in [1.29, 1.82) is 0 Å². The van der Waals surface area contributed by atoms with Gasteiger partial charge in [0.2, 0.25) is 0 Å².